The fourth-order valence-electron chi connectivity index (χ4n) is 5.16. The highest BCUT2D eigenvalue weighted by Crippen LogP contribution is 2.28. The number of carbonyl (C=O) groups is 3. The number of benzene rings is 3. The lowest BCUT2D eigenvalue weighted by Gasteiger charge is -2.16. The average Bonchev–Trinajstić information content (AvgIpc) is 3.65. The molecule has 1 N–H and O–H groups in total. The summed E-state index contributed by atoms with van der Waals surface area (Å²) < 4.78 is 44.1. The third-order valence-corrected chi connectivity index (χ3v) is 7.40. The van der Waals surface area contributed by atoms with Crippen molar-refractivity contribution in [3.8, 4) is 11.1 Å². The Morgan fingerprint density at radius 2 is 1.70 bits per heavy atom. The molecule has 1 saturated heterocycles. The standard InChI is InChI=1S/C32H31F3N4O4/c1-2-3-10-28-37-26-16-15-23(36-31(42)38-17-6-7-18-38)19-27(26)39(28)20-21-11-13-22(14-12-21)24-8-4-5-9-25(24)29(40)43-30(41)32(33,34)35/h4-5,8-9,11-16,19H,2-3,6-7,10,17-18,20H2,1H3,(H,36,42). The van der Waals surface area contributed by atoms with Gasteiger partial charge in [0.25, 0.3) is 0 Å². The zero-order chi connectivity index (χ0) is 30.6. The first-order chi connectivity index (χ1) is 20.6. The SMILES string of the molecule is CCCCc1nc2ccc(NC(=O)N3CCCC3)cc2n1Cc1ccc(-c2ccccc2C(=O)OC(=O)C(F)(F)F)cc1. The highest BCUT2D eigenvalue weighted by Gasteiger charge is 2.42. The molecule has 0 aliphatic carbocycles. The Labute approximate surface area is 246 Å². The number of fused-ring (bicyclic) bond motifs is 1. The number of nitrogens with zero attached hydrogens (tertiary/aromatic N) is 3. The van der Waals surface area contributed by atoms with Crippen LogP contribution in [0.4, 0.5) is 23.7 Å². The smallest absolute Gasteiger partial charge is 0.383 e. The number of unbranched alkanes of at least 4 members (excludes halogenated alkanes) is 1. The molecule has 2 amide bonds. The molecule has 1 fully saturated rings. The van der Waals surface area contributed by atoms with Gasteiger partial charge in [-0.1, -0.05) is 55.8 Å². The lowest BCUT2D eigenvalue weighted by atomic mass is 9.98. The molecule has 0 spiro atoms. The summed E-state index contributed by atoms with van der Waals surface area (Å²) in [5.41, 5.74) is 4.09. The summed E-state index contributed by atoms with van der Waals surface area (Å²) in [5, 5.41) is 3.00. The van der Waals surface area contributed by atoms with Crippen molar-refractivity contribution in [2.24, 2.45) is 0 Å². The Balaban J connectivity index is 1.40. The Hall–Kier alpha value is -4.67. The number of hydrogen-bond donors (Lipinski definition) is 1. The van der Waals surface area contributed by atoms with Gasteiger partial charge in [-0.05, 0) is 60.2 Å². The lowest BCUT2D eigenvalue weighted by Crippen LogP contribution is -2.32. The monoisotopic (exact) mass is 592 g/mol. The van der Waals surface area contributed by atoms with Crippen LogP contribution in [0.3, 0.4) is 0 Å². The number of hydrogen-bond acceptors (Lipinski definition) is 5. The van der Waals surface area contributed by atoms with Crippen molar-refractivity contribution in [1.29, 1.82) is 0 Å². The minimum Gasteiger partial charge on any atom is -0.383 e. The molecule has 43 heavy (non-hydrogen) atoms. The predicted molar refractivity (Wildman–Crippen MR) is 156 cm³/mol. The van der Waals surface area contributed by atoms with Crippen molar-refractivity contribution >= 4 is 34.7 Å². The van der Waals surface area contributed by atoms with Crippen molar-refractivity contribution in [3.63, 3.8) is 0 Å². The fourth-order valence-corrected chi connectivity index (χ4v) is 5.16. The third-order valence-electron chi connectivity index (χ3n) is 7.40. The molecule has 0 bridgehead atoms. The van der Waals surface area contributed by atoms with E-state index in [0.29, 0.717) is 23.4 Å². The largest absolute Gasteiger partial charge is 0.491 e. The maximum absolute atomic E-state index is 12.7. The number of imidazole rings is 1. The fraction of sp³-hybridized carbons (Fsp3) is 0.312. The van der Waals surface area contributed by atoms with Crippen LogP contribution in [0.1, 0.15) is 54.4 Å². The summed E-state index contributed by atoms with van der Waals surface area (Å²) >= 11 is 0. The van der Waals surface area contributed by atoms with Crippen LogP contribution in [-0.4, -0.2) is 51.7 Å². The number of carbonyl (C=O) groups excluding carboxylic acids is 3. The summed E-state index contributed by atoms with van der Waals surface area (Å²) in [7, 11) is 0. The van der Waals surface area contributed by atoms with Gasteiger partial charge in [0.2, 0.25) is 0 Å². The van der Waals surface area contributed by atoms with Gasteiger partial charge < -0.3 is 19.5 Å². The Bertz CT molecular complexity index is 1640. The molecule has 0 atom stereocenters. The Morgan fingerprint density at radius 1 is 0.977 bits per heavy atom. The summed E-state index contributed by atoms with van der Waals surface area (Å²) in [6.07, 6.45) is -0.515. The Kier molecular flexibility index (Phi) is 8.79. The molecule has 0 radical (unpaired) electrons. The first kappa shape index (κ1) is 29.8. The van der Waals surface area contributed by atoms with Crippen molar-refractivity contribution in [2.45, 2.75) is 51.7 Å². The van der Waals surface area contributed by atoms with Crippen molar-refractivity contribution < 1.29 is 32.3 Å². The van der Waals surface area contributed by atoms with Gasteiger partial charge in [0, 0.05) is 31.7 Å². The van der Waals surface area contributed by atoms with Gasteiger partial charge in [-0.3, -0.25) is 0 Å². The number of rotatable bonds is 8. The zero-order valence-electron chi connectivity index (χ0n) is 23.6. The number of anilines is 1. The molecule has 0 unspecified atom stereocenters. The summed E-state index contributed by atoms with van der Waals surface area (Å²) in [4.78, 5) is 43.0. The van der Waals surface area contributed by atoms with E-state index >= 15 is 0 Å². The molecule has 5 rings (SSSR count). The molecule has 3 aromatic carbocycles. The topological polar surface area (TPSA) is 93.5 Å². The van der Waals surface area contributed by atoms with Crippen LogP contribution in [0.2, 0.25) is 0 Å². The summed E-state index contributed by atoms with van der Waals surface area (Å²) in [5.74, 6) is -3.01. The van der Waals surface area contributed by atoms with Crippen molar-refractivity contribution in [1.82, 2.24) is 14.5 Å². The lowest BCUT2D eigenvalue weighted by molar-refractivity contribution is -0.193. The number of amides is 2. The van der Waals surface area contributed by atoms with E-state index in [1.54, 1.807) is 24.3 Å². The highest BCUT2D eigenvalue weighted by atomic mass is 19.4. The molecule has 1 aliphatic rings. The third kappa shape index (κ3) is 6.87. The first-order valence-electron chi connectivity index (χ1n) is 14.2. The van der Waals surface area contributed by atoms with Crippen LogP contribution in [0, 0.1) is 0 Å². The first-order valence-corrected chi connectivity index (χ1v) is 14.2. The van der Waals surface area contributed by atoms with Crippen LogP contribution < -0.4 is 5.32 Å². The van der Waals surface area contributed by atoms with Gasteiger partial charge in [0.1, 0.15) is 5.82 Å². The van der Waals surface area contributed by atoms with E-state index in [-0.39, 0.29) is 11.6 Å². The van der Waals surface area contributed by atoms with E-state index in [1.165, 1.54) is 12.1 Å². The molecule has 1 aromatic heterocycles. The zero-order valence-corrected chi connectivity index (χ0v) is 23.6. The quantitative estimate of drug-likeness (QED) is 0.176. The van der Waals surface area contributed by atoms with E-state index < -0.39 is 18.1 Å². The van der Waals surface area contributed by atoms with E-state index in [1.807, 2.05) is 35.2 Å². The number of nitrogens with one attached hydrogen (secondary N) is 1. The average molecular weight is 593 g/mol. The molecular formula is C32H31F3N4O4. The van der Waals surface area contributed by atoms with Gasteiger partial charge in [-0.15, -0.1) is 0 Å². The molecule has 1 aliphatic heterocycles. The van der Waals surface area contributed by atoms with Gasteiger partial charge in [-0.25, -0.2) is 19.4 Å². The maximum Gasteiger partial charge on any atom is 0.491 e. The number of aryl methyl sites for hydroxylation is 1. The molecule has 8 nitrogen and oxygen atoms in total. The second-order valence-electron chi connectivity index (χ2n) is 10.5. The summed E-state index contributed by atoms with van der Waals surface area (Å²) in [6, 6.07) is 18.9. The van der Waals surface area contributed by atoms with E-state index in [0.717, 1.165) is 67.6 Å². The Morgan fingerprint density at radius 3 is 2.40 bits per heavy atom. The van der Waals surface area contributed by atoms with Crippen LogP contribution in [0.25, 0.3) is 22.2 Å². The number of urea groups is 1. The molecule has 0 saturated carbocycles. The van der Waals surface area contributed by atoms with Crippen LogP contribution in [0.15, 0.2) is 66.7 Å². The van der Waals surface area contributed by atoms with Crippen LogP contribution in [0.5, 0.6) is 0 Å². The summed E-state index contributed by atoms with van der Waals surface area (Å²) in [6.45, 7) is 4.11. The highest BCUT2D eigenvalue weighted by molar-refractivity contribution is 6.03. The molecule has 224 valence electrons. The number of halogens is 3. The van der Waals surface area contributed by atoms with E-state index in [9.17, 15) is 27.6 Å². The second-order valence-corrected chi connectivity index (χ2v) is 10.5. The van der Waals surface area contributed by atoms with Crippen molar-refractivity contribution in [3.05, 3.63) is 83.7 Å². The number of ether oxygens (including phenoxy) is 1. The number of likely N-dealkylation sites (tertiary alicyclic amines) is 1. The number of aromatic nitrogens is 2. The minimum atomic E-state index is -5.28. The molecule has 4 aromatic rings. The molecule has 2 heterocycles. The van der Waals surface area contributed by atoms with Crippen molar-refractivity contribution in [2.75, 3.05) is 18.4 Å². The van der Waals surface area contributed by atoms with E-state index in [4.69, 9.17) is 4.98 Å². The second kappa shape index (κ2) is 12.7. The van der Waals surface area contributed by atoms with Crippen LogP contribution >= 0.6 is 0 Å². The number of esters is 2. The normalized spacial score (nSPS) is 13.3. The molecular weight excluding hydrogens is 561 g/mol. The number of alkyl halides is 3. The minimum absolute atomic E-state index is 0.114. The van der Waals surface area contributed by atoms with Gasteiger partial charge in [0.05, 0.1) is 16.6 Å². The van der Waals surface area contributed by atoms with Crippen LogP contribution in [-0.2, 0) is 22.5 Å². The predicted octanol–water partition coefficient (Wildman–Crippen LogP) is 6.97. The van der Waals surface area contributed by atoms with E-state index in [2.05, 4.69) is 21.5 Å². The van der Waals surface area contributed by atoms with Gasteiger partial charge in [-0.2, -0.15) is 13.2 Å². The van der Waals surface area contributed by atoms with Gasteiger partial charge in [0.15, 0.2) is 0 Å². The van der Waals surface area contributed by atoms with Gasteiger partial charge >= 0.3 is 24.1 Å². The molecule has 11 heteroatoms. The maximum atomic E-state index is 12.7.